The van der Waals surface area contributed by atoms with Crippen molar-refractivity contribution in [1.82, 2.24) is 75.1 Å². The van der Waals surface area contributed by atoms with Gasteiger partial charge in [0.15, 0.2) is 57.8 Å². The Morgan fingerprint density at radius 2 is 1.10 bits per heavy atom. The lowest BCUT2D eigenvalue weighted by atomic mass is 10.2. The molecule has 1 atom stereocenters. The number of carbonyl (C=O) groups excluding carboxylic acids is 3. The molecule has 1 aliphatic heterocycles. The van der Waals surface area contributed by atoms with E-state index in [1.165, 1.54) is 50.8 Å². The maximum Gasteiger partial charge on any atom is 0.360 e. The topological polar surface area (TPSA) is 445 Å². The number of imidazole rings is 2. The van der Waals surface area contributed by atoms with Crippen LogP contribution in [-0.2, 0) is 14.2 Å². The number of rotatable bonds is 8. The van der Waals surface area contributed by atoms with Crippen LogP contribution in [0.2, 0.25) is 0 Å². The number of carboxylic acid groups (broad SMARTS) is 1. The minimum absolute atomic E-state index is 0.0203. The highest BCUT2D eigenvalue weighted by Gasteiger charge is 2.20. The van der Waals surface area contributed by atoms with Crippen molar-refractivity contribution in [3.05, 3.63) is 121 Å². The first-order valence-corrected chi connectivity index (χ1v) is 24.9. The number of carbonyl (C=O) groups is 4. The molecule has 1 amide bonds. The number of aryl methyl sites for hydroxylation is 2. The van der Waals surface area contributed by atoms with Crippen molar-refractivity contribution in [2.24, 2.45) is 0 Å². The van der Waals surface area contributed by atoms with Gasteiger partial charge in [-0.2, -0.15) is 0 Å². The first-order valence-electron chi connectivity index (χ1n) is 22.5. The Hall–Kier alpha value is -8.94. The molecule has 1 fully saturated rings. The number of H-pyrrole nitrogens is 2. The maximum absolute atomic E-state index is 12.4. The molecule has 78 heavy (non-hydrogen) atoms. The molecule has 0 spiro atoms. The number of nitrogens with one attached hydrogen (secondary N) is 3. The van der Waals surface area contributed by atoms with E-state index in [1.54, 1.807) is 6.20 Å². The quantitative estimate of drug-likeness (QED) is 0.0852. The summed E-state index contributed by atoms with van der Waals surface area (Å²) >= 11 is 9.31. The Morgan fingerprint density at radius 1 is 0.628 bits per heavy atom. The summed E-state index contributed by atoms with van der Waals surface area (Å²) in [4.78, 5) is 98.8. The molecule has 10 rings (SSSR count). The van der Waals surface area contributed by atoms with E-state index in [9.17, 15) is 19.2 Å². The number of fused-ring (bicyclic) bond motifs is 2. The van der Waals surface area contributed by atoms with Crippen LogP contribution in [0.25, 0.3) is 45.1 Å². The number of anilines is 5. The number of carboxylic acids is 1. The normalized spacial score (nSPS) is 12.3. The van der Waals surface area contributed by atoms with Crippen LogP contribution >= 0.6 is 47.8 Å². The van der Waals surface area contributed by atoms with Gasteiger partial charge in [0, 0.05) is 25.5 Å². The van der Waals surface area contributed by atoms with Crippen LogP contribution in [0.1, 0.15) is 65.9 Å². The number of benzene rings is 2. The third-order valence-electron chi connectivity index (χ3n) is 10.3. The van der Waals surface area contributed by atoms with Crippen molar-refractivity contribution in [1.29, 1.82) is 0 Å². The van der Waals surface area contributed by atoms with E-state index < -0.39 is 17.9 Å². The van der Waals surface area contributed by atoms with Crippen LogP contribution in [0, 0.1) is 13.8 Å². The minimum atomic E-state index is -1.18. The van der Waals surface area contributed by atoms with Gasteiger partial charge in [-0.1, -0.05) is 12.1 Å². The van der Waals surface area contributed by atoms with Crippen molar-refractivity contribution < 1.29 is 38.5 Å². The Kier molecular flexibility index (Phi) is 20.3. The summed E-state index contributed by atoms with van der Waals surface area (Å²) in [6, 6.07) is 11.9. The zero-order valence-corrected chi connectivity index (χ0v) is 46.3. The highest BCUT2D eigenvalue weighted by atomic mass is 79.9. The SMILES string of the molecule is COC(=O)c1nc(Br)cnc1N.COC(=O)c1nccnc1N.Cc1ccc2nc(-c3nc(Br)cnc3N)[nH]c2c1.Cc1ccc2nc(-c3nc(C(=O)NCC4CCCO4)cnc3N)[nH]c2c1.Nc1ncc(Br)nc1C(=O)O. The molecule has 0 saturated carbocycles. The fraction of sp³-hybridized carbons (Fsp3) is 0.191. The van der Waals surface area contributed by atoms with Gasteiger partial charge in [-0.25, -0.2) is 74.2 Å². The number of nitrogens with zero attached hydrogens (tertiary/aromatic N) is 12. The number of aromatic amines is 2. The van der Waals surface area contributed by atoms with E-state index in [2.05, 4.69) is 132 Å². The number of ether oxygens (including phenoxy) is 3. The molecule has 0 bridgehead atoms. The van der Waals surface area contributed by atoms with E-state index in [0.717, 1.165) is 47.1 Å². The summed E-state index contributed by atoms with van der Waals surface area (Å²) in [5.41, 5.74) is 34.5. The second-order valence-electron chi connectivity index (χ2n) is 15.9. The monoisotopic (exact) mass is 1260 g/mol. The minimum Gasteiger partial charge on any atom is -0.476 e. The Labute approximate surface area is 467 Å². The molecule has 404 valence electrons. The molecule has 9 aromatic rings. The molecule has 31 heteroatoms. The number of aromatic carboxylic acids is 1. The number of halogens is 3. The van der Waals surface area contributed by atoms with Gasteiger partial charge in [0.05, 0.1) is 67.2 Å². The molecule has 1 aliphatic rings. The molecular formula is C47H47Br3N20O8. The number of esters is 2. The summed E-state index contributed by atoms with van der Waals surface area (Å²) in [6.07, 6.45) is 10.5. The third kappa shape index (κ3) is 15.8. The fourth-order valence-corrected chi connectivity index (χ4v) is 7.41. The van der Waals surface area contributed by atoms with Crippen LogP contribution in [0.5, 0.6) is 0 Å². The Morgan fingerprint density at radius 3 is 1.62 bits per heavy atom. The molecule has 1 unspecified atom stereocenters. The molecule has 0 aliphatic carbocycles. The average molecular weight is 1260 g/mol. The van der Waals surface area contributed by atoms with E-state index in [0.29, 0.717) is 49.2 Å². The lowest BCUT2D eigenvalue weighted by molar-refractivity contribution is 0.0586. The van der Waals surface area contributed by atoms with Gasteiger partial charge in [-0.3, -0.25) is 4.79 Å². The zero-order chi connectivity index (χ0) is 56.6. The van der Waals surface area contributed by atoms with Gasteiger partial charge in [0.25, 0.3) is 5.91 Å². The van der Waals surface area contributed by atoms with Gasteiger partial charge in [0.1, 0.15) is 30.9 Å². The second-order valence-corrected chi connectivity index (χ2v) is 18.3. The van der Waals surface area contributed by atoms with Crippen LogP contribution in [0.4, 0.5) is 29.1 Å². The molecule has 8 heterocycles. The van der Waals surface area contributed by atoms with Gasteiger partial charge in [0.2, 0.25) is 0 Å². The summed E-state index contributed by atoms with van der Waals surface area (Å²) < 4.78 is 15.8. The predicted octanol–water partition coefficient (Wildman–Crippen LogP) is 5.47. The van der Waals surface area contributed by atoms with E-state index in [1.807, 2.05) is 50.2 Å². The molecule has 28 nitrogen and oxygen atoms in total. The average Bonchev–Trinajstić information content (AvgIpc) is 4.21. The van der Waals surface area contributed by atoms with Gasteiger partial charge < -0.3 is 63.3 Å². The number of hydrogen-bond donors (Lipinski definition) is 9. The summed E-state index contributed by atoms with van der Waals surface area (Å²) in [5, 5.41) is 11.3. The summed E-state index contributed by atoms with van der Waals surface area (Å²) in [5.74, 6) is -0.906. The van der Waals surface area contributed by atoms with Crippen LogP contribution in [0.3, 0.4) is 0 Å². The fourth-order valence-electron chi connectivity index (χ4n) is 6.57. The third-order valence-corrected chi connectivity index (χ3v) is 11.4. The number of nitrogen functional groups attached to an aromatic ring is 5. The van der Waals surface area contributed by atoms with Gasteiger partial charge in [-0.15, -0.1) is 0 Å². The lowest BCUT2D eigenvalue weighted by Crippen LogP contribution is -2.32. The zero-order valence-electron chi connectivity index (χ0n) is 41.5. The molecule has 0 radical (unpaired) electrons. The van der Waals surface area contributed by atoms with Gasteiger partial charge in [-0.05, 0) is 110 Å². The second kappa shape index (κ2) is 27.2. The largest absolute Gasteiger partial charge is 0.476 e. The summed E-state index contributed by atoms with van der Waals surface area (Å²) in [6.45, 7) is 5.25. The van der Waals surface area contributed by atoms with E-state index in [-0.39, 0.29) is 58.1 Å². The first kappa shape index (κ1) is 58.3. The number of nitrogens with two attached hydrogens (primary N) is 5. The van der Waals surface area contributed by atoms with Crippen molar-refractivity contribution in [3.8, 4) is 23.0 Å². The van der Waals surface area contributed by atoms with Gasteiger partial charge >= 0.3 is 17.9 Å². The maximum atomic E-state index is 12.4. The Bertz CT molecular complexity index is 3620. The lowest BCUT2D eigenvalue weighted by Gasteiger charge is -2.10. The number of methoxy groups -OCH3 is 2. The van der Waals surface area contributed by atoms with Crippen molar-refractivity contribution >= 4 is 123 Å². The molecule has 1 saturated heterocycles. The van der Waals surface area contributed by atoms with E-state index >= 15 is 0 Å². The molecule has 14 N–H and O–H groups in total. The van der Waals surface area contributed by atoms with E-state index in [4.69, 9.17) is 38.5 Å². The first-order chi connectivity index (χ1) is 37.2. The van der Waals surface area contributed by atoms with Crippen molar-refractivity contribution in [3.63, 3.8) is 0 Å². The molecule has 7 aromatic heterocycles. The van der Waals surface area contributed by atoms with Crippen molar-refractivity contribution in [2.45, 2.75) is 32.8 Å². The smallest absolute Gasteiger partial charge is 0.360 e. The highest BCUT2D eigenvalue weighted by molar-refractivity contribution is 9.11. The highest BCUT2D eigenvalue weighted by Crippen LogP contribution is 2.26. The molecule has 2 aromatic carbocycles. The number of amides is 1. The molecular weight excluding hydrogens is 1210 g/mol. The van der Waals surface area contributed by atoms with Crippen molar-refractivity contribution in [2.75, 3.05) is 56.0 Å². The standard InChI is InChI=1S/C18H20N6O2.C12H10BrN5.C6H6BrN3O2.C6H7N3O2.C5H4BrN3O2/c1-10-4-5-12-13(7-10)24-17(23-12)15-16(19)20-9-14(22-15)18(25)21-8-11-3-2-6-26-11;1-6-2-3-7-8(4-6)17-12(16-7)10-11(14)15-5-9(13)18-10;1-12-6(11)4-5(8)9-2-3(7)10-4;1-11-6(10)4-5(7)9-3-2-8-4;6-2-1-8-4(7)3(9-2)5(10)11/h4-5,7,9,11H,2-3,6,8H2,1H3,(H2,19,20)(H,21,25)(H,23,24);2-5H,1H3,(H2,14,15)(H,16,17);2H,1H3,(H2,8,9);2-3H,1H3,(H2,7,9);1H,(H2,7,8)(H,10,11). The van der Waals surface area contributed by atoms with Crippen LogP contribution in [0.15, 0.2) is 87.4 Å². The Balaban J connectivity index is 0.000000166. The predicted molar refractivity (Wildman–Crippen MR) is 296 cm³/mol. The van der Waals surface area contributed by atoms with Crippen LogP contribution < -0.4 is 34.0 Å². The van der Waals surface area contributed by atoms with Crippen LogP contribution in [-0.4, -0.2) is 132 Å². The summed E-state index contributed by atoms with van der Waals surface area (Å²) in [7, 11) is 2.51. The number of aromatic nitrogens is 14. The number of hydrogen-bond acceptors (Lipinski definition) is 24.